The molecule has 6 heteroatoms. The Morgan fingerprint density at radius 1 is 1.28 bits per heavy atom. The fourth-order valence-corrected chi connectivity index (χ4v) is 3.28. The van der Waals surface area contributed by atoms with Crippen LogP contribution in [0.3, 0.4) is 0 Å². The van der Waals surface area contributed by atoms with Crippen LogP contribution in [0.5, 0.6) is 0 Å². The summed E-state index contributed by atoms with van der Waals surface area (Å²) in [6, 6.07) is 8.35. The summed E-state index contributed by atoms with van der Waals surface area (Å²) in [5.41, 5.74) is 5.76. The second-order valence-corrected chi connectivity index (χ2v) is 6.56. The quantitative estimate of drug-likeness (QED) is 0.877. The van der Waals surface area contributed by atoms with Crippen molar-refractivity contribution >= 4 is 11.8 Å². The molecule has 1 aromatic carbocycles. The molecule has 0 radical (unpaired) electrons. The van der Waals surface area contributed by atoms with Gasteiger partial charge in [-0.3, -0.25) is 9.58 Å². The van der Waals surface area contributed by atoms with E-state index in [0.717, 1.165) is 24.3 Å². The second-order valence-electron chi connectivity index (χ2n) is 6.56. The minimum absolute atomic E-state index is 0.247. The molecule has 1 atom stereocenters. The number of hydrogen-bond acceptors (Lipinski definition) is 4. The molecule has 2 aromatic rings. The molecule has 134 valence electrons. The minimum atomic E-state index is -0.263. The zero-order valence-electron chi connectivity index (χ0n) is 15.4. The summed E-state index contributed by atoms with van der Waals surface area (Å²) in [4.78, 5) is 13.3. The van der Waals surface area contributed by atoms with Crippen molar-refractivity contribution in [2.45, 2.75) is 33.2 Å². The first-order chi connectivity index (χ1) is 12.0. The molecule has 2 heterocycles. The van der Waals surface area contributed by atoms with Crippen LogP contribution in [-0.4, -0.2) is 35.6 Å². The number of carbonyl (C=O) groups excluding carboxylic acids is 1. The minimum Gasteiger partial charge on any atom is -0.447 e. The molecule has 1 aromatic heterocycles. The fraction of sp³-hybridized carbons (Fsp3) is 0.474. The van der Waals surface area contributed by atoms with Gasteiger partial charge < -0.3 is 10.1 Å². The van der Waals surface area contributed by atoms with Gasteiger partial charge in [0.1, 0.15) is 6.61 Å². The van der Waals surface area contributed by atoms with Crippen molar-refractivity contribution in [1.82, 2.24) is 15.1 Å². The lowest BCUT2D eigenvalue weighted by molar-refractivity contribution is 0.181. The van der Waals surface area contributed by atoms with Gasteiger partial charge in [-0.25, -0.2) is 4.79 Å². The number of aromatic nitrogens is 2. The van der Waals surface area contributed by atoms with Crippen LogP contribution >= 0.6 is 0 Å². The van der Waals surface area contributed by atoms with Gasteiger partial charge in [0.05, 0.1) is 12.2 Å². The Labute approximate surface area is 148 Å². The summed E-state index contributed by atoms with van der Waals surface area (Å²) >= 11 is 0. The average molecular weight is 342 g/mol. The highest BCUT2D eigenvalue weighted by Gasteiger charge is 2.23. The number of hydrogen-bond donors (Lipinski definition) is 1. The standard InChI is InChI=1S/C19H26N4O2/c1-13(20-10-9-18-14(2)21-22(4)15(18)3)16-5-7-17(8-6-16)23-11-12-25-19(23)24/h5-8,13,20H,9-12H2,1-4H3. The number of anilines is 1. The van der Waals surface area contributed by atoms with Crippen LogP contribution in [0.1, 0.15) is 35.5 Å². The SMILES string of the molecule is Cc1nn(C)c(C)c1CCNC(C)c1ccc(N2CCOC2=O)cc1. The molecule has 0 aliphatic carbocycles. The Hall–Kier alpha value is -2.34. The zero-order chi connectivity index (χ0) is 18.0. The molecule has 3 rings (SSSR count). The highest BCUT2D eigenvalue weighted by molar-refractivity contribution is 5.89. The molecule has 1 amide bonds. The Morgan fingerprint density at radius 2 is 2.00 bits per heavy atom. The van der Waals surface area contributed by atoms with E-state index in [1.165, 1.54) is 16.8 Å². The largest absolute Gasteiger partial charge is 0.447 e. The van der Waals surface area contributed by atoms with Gasteiger partial charge in [0.25, 0.3) is 0 Å². The van der Waals surface area contributed by atoms with E-state index in [1.807, 2.05) is 23.9 Å². The first kappa shape index (κ1) is 17.5. The van der Waals surface area contributed by atoms with Gasteiger partial charge in [-0.05, 0) is 57.0 Å². The van der Waals surface area contributed by atoms with E-state index in [0.29, 0.717) is 13.2 Å². The van der Waals surface area contributed by atoms with E-state index >= 15 is 0 Å². The molecular weight excluding hydrogens is 316 g/mol. The number of nitrogens with zero attached hydrogens (tertiary/aromatic N) is 3. The first-order valence-corrected chi connectivity index (χ1v) is 8.74. The number of carbonyl (C=O) groups is 1. The molecule has 1 aliphatic heterocycles. The molecule has 1 aliphatic rings. The van der Waals surface area contributed by atoms with Crippen LogP contribution in [0.2, 0.25) is 0 Å². The molecule has 1 saturated heterocycles. The molecule has 6 nitrogen and oxygen atoms in total. The summed E-state index contributed by atoms with van der Waals surface area (Å²) in [6.45, 7) is 8.31. The second kappa shape index (κ2) is 7.27. The number of benzene rings is 1. The number of rotatable bonds is 6. The third kappa shape index (κ3) is 3.69. The Morgan fingerprint density at radius 3 is 2.56 bits per heavy atom. The van der Waals surface area contributed by atoms with Gasteiger partial charge in [-0.2, -0.15) is 5.10 Å². The molecule has 1 N–H and O–H groups in total. The van der Waals surface area contributed by atoms with Gasteiger partial charge in [-0.15, -0.1) is 0 Å². The van der Waals surface area contributed by atoms with Crippen LogP contribution in [0.4, 0.5) is 10.5 Å². The highest BCUT2D eigenvalue weighted by Crippen LogP contribution is 2.22. The lowest BCUT2D eigenvalue weighted by atomic mass is 10.1. The molecular formula is C19H26N4O2. The average Bonchev–Trinajstić information content (AvgIpc) is 3.13. The lowest BCUT2D eigenvalue weighted by Crippen LogP contribution is -2.24. The lowest BCUT2D eigenvalue weighted by Gasteiger charge is -2.17. The first-order valence-electron chi connectivity index (χ1n) is 8.74. The van der Waals surface area contributed by atoms with Crippen molar-refractivity contribution in [2.75, 3.05) is 24.6 Å². The summed E-state index contributed by atoms with van der Waals surface area (Å²) in [7, 11) is 1.99. The van der Waals surface area contributed by atoms with Crippen molar-refractivity contribution < 1.29 is 9.53 Å². The van der Waals surface area contributed by atoms with Crippen molar-refractivity contribution in [3.8, 4) is 0 Å². The van der Waals surface area contributed by atoms with Crippen molar-refractivity contribution in [1.29, 1.82) is 0 Å². The zero-order valence-corrected chi connectivity index (χ0v) is 15.4. The van der Waals surface area contributed by atoms with Gasteiger partial charge in [0.15, 0.2) is 0 Å². The predicted octanol–water partition coefficient (Wildman–Crippen LogP) is 2.89. The fourth-order valence-electron chi connectivity index (χ4n) is 3.28. The monoisotopic (exact) mass is 342 g/mol. The Kier molecular flexibility index (Phi) is 5.08. The maximum Gasteiger partial charge on any atom is 0.414 e. The van der Waals surface area contributed by atoms with Crippen LogP contribution in [0, 0.1) is 13.8 Å². The third-order valence-electron chi connectivity index (χ3n) is 4.95. The number of aryl methyl sites for hydroxylation is 2. The third-order valence-corrected chi connectivity index (χ3v) is 4.95. The topological polar surface area (TPSA) is 59.4 Å². The summed E-state index contributed by atoms with van der Waals surface area (Å²) in [6.07, 6.45) is 0.703. The van der Waals surface area contributed by atoms with Gasteiger partial charge in [0, 0.05) is 24.5 Å². The van der Waals surface area contributed by atoms with Crippen molar-refractivity contribution in [3.05, 3.63) is 46.8 Å². The molecule has 25 heavy (non-hydrogen) atoms. The molecule has 0 saturated carbocycles. The summed E-state index contributed by atoms with van der Waals surface area (Å²) < 4.78 is 6.92. The molecule has 0 bridgehead atoms. The number of amides is 1. The predicted molar refractivity (Wildman–Crippen MR) is 97.9 cm³/mol. The normalized spacial score (nSPS) is 15.5. The molecule has 1 unspecified atom stereocenters. The molecule has 0 spiro atoms. The highest BCUT2D eigenvalue weighted by atomic mass is 16.6. The summed E-state index contributed by atoms with van der Waals surface area (Å²) in [5, 5.41) is 8.03. The van der Waals surface area contributed by atoms with Crippen molar-refractivity contribution in [2.24, 2.45) is 7.05 Å². The van der Waals surface area contributed by atoms with Gasteiger partial charge in [-0.1, -0.05) is 12.1 Å². The maximum atomic E-state index is 11.6. The Balaban J connectivity index is 1.56. The van der Waals surface area contributed by atoms with E-state index in [4.69, 9.17) is 4.74 Å². The van der Waals surface area contributed by atoms with E-state index in [1.54, 1.807) is 4.90 Å². The number of cyclic esters (lactones) is 1. The van der Waals surface area contributed by atoms with Crippen LogP contribution in [0.25, 0.3) is 0 Å². The smallest absolute Gasteiger partial charge is 0.414 e. The van der Waals surface area contributed by atoms with Crippen LogP contribution in [-0.2, 0) is 18.2 Å². The van der Waals surface area contributed by atoms with E-state index in [-0.39, 0.29) is 12.1 Å². The van der Waals surface area contributed by atoms with Crippen LogP contribution in [0.15, 0.2) is 24.3 Å². The maximum absolute atomic E-state index is 11.6. The van der Waals surface area contributed by atoms with Crippen molar-refractivity contribution in [3.63, 3.8) is 0 Å². The van der Waals surface area contributed by atoms with E-state index < -0.39 is 0 Å². The molecule has 1 fully saturated rings. The number of ether oxygens (including phenoxy) is 1. The number of nitrogens with one attached hydrogen (secondary N) is 1. The Bertz CT molecular complexity index is 752. The van der Waals surface area contributed by atoms with Gasteiger partial charge in [0.2, 0.25) is 0 Å². The van der Waals surface area contributed by atoms with E-state index in [2.05, 4.69) is 43.3 Å². The van der Waals surface area contributed by atoms with Crippen LogP contribution < -0.4 is 10.2 Å². The van der Waals surface area contributed by atoms with E-state index in [9.17, 15) is 4.79 Å². The summed E-state index contributed by atoms with van der Waals surface area (Å²) in [5.74, 6) is 0. The van der Waals surface area contributed by atoms with Gasteiger partial charge >= 0.3 is 6.09 Å².